The largest absolute Gasteiger partial charge is 0.383 e. The summed E-state index contributed by atoms with van der Waals surface area (Å²) in [6, 6.07) is 13.9. The highest BCUT2D eigenvalue weighted by atomic mass is 35.5. The van der Waals surface area contributed by atoms with E-state index in [4.69, 9.17) is 16.3 Å². The number of methoxy groups -OCH3 is 1. The molecule has 2 atom stereocenters. The number of fused-ring (bicyclic) bond motifs is 1. The van der Waals surface area contributed by atoms with Gasteiger partial charge in [-0.05, 0) is 44.2 Å². The molecular formula is C21H22ClN3O3S. The second-order valence-electron chi connectivity index (χ2n) is 6.65. The van der Waals surface area contributed by atoms with E-state index in [-0.39, 0.29) is 17.5 Å². The van der Waals surface area contributed by atoms with Crippen LogP contribution in [0.2, 0.25) is 5.02 Å². The minimum Gasteiger partial charge on any atom is -0.383 e. The summed E-state index contributed by atoms with van der Waals surface area (Å²) in [7, 11) is 1.59. The molecule has 0 bridgehead atoms. The molecule has 1 N–H and O–H groups in total. The maximum atomic E-state index is 13.1. The van der Waals surface area contributed by atoms with Crippen molar-refractivity contribution in [1.82, 2.24) is 9.55 Å². The van der Waals surface area contributed by atoms with E-state index in [0.717, 1.165) is 0 Å². The number of halogens is 1. The number of benzene rings is 2. The molecule has 1 aromatic heterocycles. The molecule has 1 heterocycles. The van der Waals surface area contributed by atoms with Gasteiger partial charge >= 0.3 is 0 Å². The van der Waals surface area contributed by atoms with Crippen LogP contribution in [0.15, 0.2) is 58.5 Å². The van der Waals surface area contributed by atoms with E-state index in [2.05, 4.69) is 10.3 Å². The van der Waals surface area contributed by atoms with Crippen molar-refractivity contribution in [3.63, 3.8) is 0 Å². The molecule has 0 spiro atoms. The van der Waals surface area contributed by atoms with Crippen molar-refractivity contribution in [1.29, 1.82) is 0 Å². The predicted molar refractivity (Wildman–Crippen MR) is 118 cm³/mol. The standard InChI is InChI=1S/C21H22ClN3O3S/c1-13(12-28-3)25-20(27)17-9-4-5-10-18(17)24-21(25)29-14(2)19(26)23-16-8-6-7-15(22)11-16/h4-11,13-14H,12H2,1-3H3,(H,23,26)/t13-,14-/m0/s1. The number of para-hydroxylation sites is 1. The van der Waals surface area contributed by atoms with E-state index in [1.165, 1.54) is 11.8 Å². The van der Waals surface area contributed by atoms with Gasteiger partial charge in [0.15, 0.2) is 5.16 Å². The highest BCUT2D eigenvalue weighted by Gasteiger charge is 2.22. The van der Waals surface area contributed by atoms with Crippen LogP contribution in [0.4, 0.5) is 5.69 Å². The van der Waals surface area contributed by atoms with Crippen LogP contribution < -0.4 is 10.9 Å². The Balaban J connectivity index is 1.92. The zero-order valence-electron chi connectivity index (χ0n) is 16.4. The summed E-state index contributed by atoms with van der Waals surface area (Å²) in [5.41, 5.74) is 1.07. The van der Waals surface area contributed by atoms with E-state index < -0.39 is 5.25 Å². The number of rotatable bonds is 7. The smallest absolute Gasteiger partial charge is 0.262 e. The van der Waals surface area contributed by atoms with Crippen LogP contribution >= 0.6 is 23.4 Å². The van der Waals surface area contributed by atoms with Gasteiger partial charge in [-0.2, -0.15) is 0 Å². The Morgan fingerprint density at radius 1 is 1.24 bits per heavy atom. The number of amides is 1. The number of carbonyl (C=O) groups is 1. The van der Waals surface area contributed by atoms with Crippen molar-refractivity contribution in [2.45, 2.75) is 30.3 Å². The number of anilines is 1. The predicted octanol–water partition coefficient (Wildman–Crippen LogP) is 4.38. The number of hydrogen-bond donors (Lipinski definition) is 1. The topological polar surface area (TPSA) is 73.2 Å². The Morgan fingerprint density at radius 2 is 2.00 bits per heavy atom. The zero-order chi connectivity index (χ0) is 21.0. The van der Waals surface area contributed by atoms with Gasteiger partial charge in [0.25, 0.3) is 5.56 Å². The van der Waals surface area contributed by atoms with Crippen LogP contribution in [0.3, 0.4) is 0 Å². The lowest BCUT2D eigenvalue weighted by atomic mass is 10.2. The lowest BCUT2D eigenvalue weighted by Gasteiger charge is -2.20. The van der Waals surface area contributed by atoms with Gasteiger partial charge in [0.2, 0.25) is 5.91 Å². The van der Waals surface area contributed by atoms with Gasteiger partial charge in [0.05, 0.1) is 28.8 Å². The van der Waals surface area contributed by atoms with Crippen LogP contribution in [-0.2, 0) is 9.53 Å². The summed E-state index contributed by atoms with van der Waals surface area (Å²) in [6.07, 6.45) is 0. The molecule has 8 heteroatoms. The second-order valence-corrected chi connectivity index (χ2v) is 8.40. The van der Waals surface area contributed by atoms with E-state index in [9.17, 15) is 9.59 Å². The molecule has 0 unspecified atom stereocenters. The van der Waals surface area contributed by atoms with Crippen molar-refractivity contribution in [2.24, 2.45) is 0 Å². The first-order valence-electron chi connectivity index (χ1n) is 9.14. The molecule has 29 heavy (non-hydrogen) atoms. The van der Waals surface area contributed by atoms with Crippen LogP contribution in [0.25, 0.3) is 10.9 Å². The minimum absolute atomic E-state index is 0.148. The van der Waals surface area contributed by atoms with Crippen LogP contribution in [0.5, 0.6) is 0 Å². The highest BCUT2D eigenvalue weighted by molar-refractivity contribution is 8.00. The second kappa shape index (κ2) is 9.43. The van der Waals surface area contributed by atoms with Crippen LogP contribution in [0, 0.1) is 0 Å². The van der Waals surface area contributed by atoms with Crippen LogP contribution in [0.1, 0.15) is 19.9 Å². The highest BCUT2D eigenvalue weighted by Crippen LogP contribution is 2.26. The molecule has 0 aliphatic carbocycles. The number of hydrogen-bond acceptors (Lipinski definition) is 5. The van der Waals surface area contributed by atoms with Crippen molar-refractivity contribution < 1.29 is 9.53 Å². The third-order valence-corrected chi connectivity index (χ3v) is 5.67. The van der Waals surface area contributed by atoms with Gasteiger partial charge in [-0.1, -0.05) is 41.6 Å². The average Bonchev–Trinajstić information content (AvgIpc) is 2.68. The third kappa shape index (κ3) is 4.98. The Labute approximate surface area is 178 Å². The summed E-state index contributed by atoms with van der Waals surface area (Å²) < 4.78 is 6.83. The number of carbonyl (C=O) groups excluding carboxylic acids is 1. The lowest BCUT2D eigenvalue weighted by molar-refractivity contribution is -0.115. The molecule has 0 aliphatic heterocycles. The van der Waals surface area contributed by atoms with Crippen molar-refractivity contribution in [3.05, 3.63) is 63.9 Å². The summed E-state index contributed by atoms with van der Waals surface area (Å²) in [5, 5.41) is 3.92. The van der Waals surface area contributed by atoms with E-state index >= 15 is 0 Å². The maximum absolute atomic E-state index is 13.1. The maximum Gasteiger partial charge on any atom is 0.262 e. The Kier molecular flexibility index (Phi) is 6.95. The van der Waals surface area contributed by atoms with Gasteiger partial charge in [0, 0.05) is 17.8 Å². The fourth-order valence-corrected chi connectivity index (χ4v) is 4.13. The Morgan fingerprint density at radius 3 is 2.72 bits per heavy atom. The van der Waals surface area contributed by atoms with Crippen LogP contribution in [-0.4, -0.2) is 34.4 Å². The summed E-state index contributed by atoms with van der Waals surface area (Å²) >= 11 is 7.22. The molecular weight excluding hydrogens is 410 g/mol. The summed E-state index contributed by atoms with van der Waals surface area (Å²) in [5.74, 6) is -0.203. The molecule has 0 fully saturated rings. The lowest BCUT2D eigenvalue weighted by Crippen LogP contribution is -2.30. The minimum atomic E-state index is -0.483. The Bertz CT molecular complexity index is 1090. The van der Waals surface area contributed by atoms with Crippen molar-refractivity contribution in [2.75, 3.05) is 19.0 Å². The first-order valence-corrected chi connectivity index (χ1v) is 10.4. The number of aromatic nitrogens is 2. The Hall–Kier alpha value is -2.35. The quantitative estimate of drug-likeness (QED) is 0.444. The van der Waals surface area contributed by atoms with Crippen molar-refractivity contribution >= 4 is 45.9 Å². The third-order valence-electron chi connectivity index (χ3n) is 4.37. The van der Waals surface area contributed by atoms with Gasteiger partial charge in [0.1, 0.15) is 0 Å². The number of nitrogens with zero attached hydrogens (tertiary/aromatic N) is 2. The summed E-state index contributed by atoms with van der Waals surface area (Å²) in [6.45, 7) is 4.02. The fraction of sp³-hybridized carbons (Fsp3) is 0.286. The molecule has 6 nitrogen and oxygen atoms in total. The first kappa shape index (κ1) is 21.4. The normalized spacial score (nSPS) is 13.2. The molecule has 3 rings (SSSR count). The first-order chi connectivity index (χ1) is 13.9. The molecule has 2 aromatic carbocycles. The molecule has 0 radical (unpaired) electrons. The van der Waals surface area contributed by atoms with Gasteiger partial charge in [-0.25, -0.2) is 4.98 Å². The summed E-state index contributed by atoms with van der Waals surface area (Å²) in [4.78, 5) is 30.4. The van der Waals surface area contributed by atoms with Gasteiger partial charge in [-0.15, -0.1) is 0 Å². The fourth-order valence-electron chi connectivity index (χ4n) is 2.93. The molecule has 3 aromatic rings. The van der Waals surface area contributed by atoms with Crippen molar-refractivity contribution in [3.8, 4) is 0 Å². The molecule has 152 valence electrons. The van der Waals surface area contributed by atoms with E-state index in [0.29, 0.717) is 33.4 Å². The average molecular weight is 432 g/mol. The van der Waals surface area contributed by atoms with Gasteiger partial charge in [-0.3, -0.25) is 14.2 Å². The number of thioether (sulfide) groups is 1. The number of ether oxygens (including phenoxy) is 1. The zero-order valence-corrected chi connectivity index (χ0v) is 18.0. The monoisotopic (exact) mass is 431 g/mol. The van der Waals surface area contributed by atoms with E-state index in [1.807, 2.05) is 19.1 Å². The molecule has 0 aliphatic rings. The molecule has 0 saturated carbocycles. The molecule has 0 saturated heterocycles. The molecule has 1 amide bonds. The van der Waals surface area contributed by atoms with Gasteiger partial charge < -0.3 is 10.1 Å². The van der Waals surface area contributed by atoms with E-state index in [1.54, 1.807) is 55.0 Å². The SMILES string of the molecule is COC[C@H](C)n1c(S[C@@H](C)C(=O)Nc2cccc(Cl)c2)nc2ccccc2c1=O. The number of nitrogens with one attached hydrogen (secondary N) is 1.